The van der Waals surface area contributed by atoms with E-state index in [1.165, 1.54) is 44.3 Å². The van der Waals surface area contributed by atoms with E-state index < -0.39 is 0 Å². The summed E-state index contributed by atoms with van der Waals surface area (Å²) in [7, 11) is 3.43. The maximum absolute atomic E-state index is 5.54. The molecular weight excluding hydrogens is 300 g/mol. The van der Waals surface area contributed by atoms with Crippen molar-refractivity contribution in [3.05, 3.63) is 23.8 Å². The van der Waals surface area contributed by atoms with Gasteiger partial charge in [-0.15, -0.1) is 0 Å². The minimum Gasteiger partial charge on any atom is -0.497 e. The summed E-state index contributed by atoms with van der Waals surface area (Å²) in [6, 6.07) is 6.96. The van der Waals surface area contributed by atoms with Crippen LogP contribution in [-0.2, 0) is 6.54 Å². The molecule has 1 saturated carbocycles. The van der Waals surface area contributed by atoms with Gasteiger partial charge < -0.3 is 9.47 Å². The minimum atomic E-state index is 0.825. The molecule has 0 spiro atoms. The molecule has 1 heterocycles. The largest absolute Gasteiger partial charge is 0.497 e. The van der Waals surface area contributed by atoms with Gasteiger partial charge in [0.15, 0.2) is 0 Å². The van der Waals surface area contributed by atoms with Gasteiger partial charge in [0.1, 0.15) is 11.5 Å². The van der Waals surface area contributed by atoms with Crippen LogP contribution in [0.25, 0.3) is 0 Å². The molecule has 1 aliphatic carbocycles. The smallest absolute Gasteiger partial charge is 0.127 e. The van der Waals surface area contributed by atoms with Crippen LogP contribution in [0.3, 0.4) is 0 Å². The molecule has 0 amide bonds. The van der Waals surface area contributed by atoms with Gasteiger partial charge in [-0.05, 0) is 24.8 Å². The van der Waals surface area contributed by atoms with E-state index in [2.05, 4.69) is 22.8 Å². The Labute approximate surface area is 146 Å². The third-order valence-corrected chi connectivity index (χ3v) is 5.72. The fraction of sp³-hybridized carbons (Fsp3) is 0.700. The van der Waals surface area contributed by atoms with Gasteiger partial charge >= 0.3 is 0 Å². The van der Waals surface area contributed by atoms with Crippen LogP contribution in [-0.4, -0.2) is 56.2 Å². The summed E-state index contributed by atoms with van der Waals surface area (Å²) in [5.74, 6) is 2.69. The third-order valence-electron chi connectivity index (χ3n) is 5.72. The number of benzene rings is 1. The van der Waals surface area contributed by atoms with Crippen molar-refractivity contribution >= 4 is 0 Å². The summed E-state index contributed by atoms with van der Waals surface area (Å²) in [5.41, 5.74) is 1.25. The zero-order valence-corrected chi connectivity index (χ0v) is 15.5. The Morgan fingerprint density at radius 3 is 2.50 bits per heavy atom. The zero-order chi connectivity index (χ0) is 16.9. The van der Waals surface area contributed by atoms with E-state index in [1.54, 1.807) is 14.2 Å². The average Bonchev–Trinajstić information content (AvgIpc) is 2.62. The van der Waals surface area contributed by atoms with Crippen LogP contribution in [0.5, 0.6) is 11.5 Å². The van der Waals surface area contributed by atoms with E-state index in [9.17, 15) is 0 Å². The molecule has 24 heavy (non-hydrogen) atoms. The van der Waals surface area contributed by atoms with Gasteiger partial charge in [-0.2, -0.15) is 0 Å². The molecule has 1 saturated heterocycles. The number of hydrogen-bond acceptors (Lipinski definition) is 4. The maximum atomic E-state index is 5.54. The molecule has 1 aromatic carbocycles. The lowest BCUT2D eigenvalue weighted by Crippen LogP contribution is -2.50. The average molecular weight is 332 g/mol. The van der Waals surface area contributed by atoms with Crippen LogP contribution in [0, 0.1) is 5.92 Å². The second kappa shape index (κ2) is 8.21. The van der Waals surface area contributed by atoms with Crippen molar-refractivity contribution in [1.82, 2.24) is 9.80 Å². The van der Waals surface area contributed by atoms with E-state index in [0.29, 0.717) is 0 Å². The topological polar surface area (TPSA) is 24.9 Å². The van der Waals surface area contributed by atoms with Crippen LogP contribution in [0.1, 0.15) is 38.2 Å². The molecule has 2 atom stereocenters. The van der Waals surface area contributed by atoms with Crippen LogP contribution < -0.4 is 9.47 Å². The van der Waals surface area contributed by atoms with Crippen molar-refractivity contribution in [1.29, 1.82) is 0 Å². The highest BCUT2D eigenvalue weighted by Gasteiger charge is 2.27. The van der Waals surface area contributed by atoms with E-state index >= 15 is 0 Å². The quantitative estimate of drug-likeness (QED) is 0.825. The lowest BCUT2D eigenvalue weighted by Gasteiger charge is -2.42. The van der Waals surface area contributed by atoms with Gasteiger partial charge in [0.05, 0.1) is 14.2 Å². The summed E-state index contributed by atoms with van der Waals surface area (Å²) >= 11 is 0. The molecule has 0 radical (unpaired) electrons. The first kappa shape index (κ1) is 17.6. The normalized spacial score (nSPS) is 26.3. The molecule has 4 nitrogen and oxygen atoms in total. The molecule has 3 rings (SSSR count). The van der Waals surface area contributed by atoms with E-state index in [1.807, 2.05) is 12.1 Å². The summed E-state index contributed by atoms with van der Waals surface area (Å²) in [6.07, 6.45) is 5.63. The Hall–Kier alpha value is -1.26. The predicted octanol–water partition coefficient (Wildman–Crippen LogP) is 3.40. The fourth-order valence-electron chi connectivity index (χ4n) is 4.24. The molecule has 2 unspecified atom stereocenters. The number of methoxy groups -OCH3 is 2. The standard InChI is InChI=1S/C20H32N2O2/c1-16-5-4-6-18(13-16)22-11-9-21(10-12-22)15-17-7-8-19(23-2)14-20(17)24-3/h7-8,14,16,18H,4-6,9-13,15H2,1-3H3. The molecule has 0 aromatic heterocycles. The highest BCUT2D eigenvalue weighted by atomic mass is 16.5. The number of nitrogens with zero attached hydrogens (tertiary/aromatic N) is 2. The van der Waals surface area contributed by atoms with Crippen LogP contribution in [0.4, 0.5) is 0 Å². The van der Waals surface area contributed by atoms with Gasteiger partial charge in [-0.25, -0.2) is 0 Å². The molecule has 2 aliphatic rings. The van der Waals surface area contributed by atoms with Gasteiger partial charge in [0.25, 0.3) is 0 Å². The van der Waals surface area contributed by atoms with Crippen LogP contribution >= 0.6 is 0 Å². The van der Waals surface area contributed by atoms with Gasteiger partial charge in [-0.3, -0.25) is 9.80 Å². The summed E-state index contributed by atoms with van der Waals surface area (Å²) in [6.45, 7) is 8.09. The predicted molar refractivity (Wildman–Crippen MR) is 97.8 cm³/mol. The molecule has 134 valence electrons. The second-order valence-corrected chi connectivity index (χ2v) is 7.42. The zero-order valence-electron chi connectivity index (χ0n) is 15.5. The summed E-state index contributed by atoms with van der Waals surface area (Å²) in [5, 5.41) is 0. The number of piperazine rings is 1. The SMILES string of the molecule is COc1ccc(CN2CCN(C3CCCC(C)C3)CC2)c(OC)c1. The van der Waals surface area contributed by atoms with E-state index in [-0.39, 0.29) is 0 Å². The molecule has 2 fully saturated rings. The summed E-state index contributed by atoms with van der Waals surface area (Å²) in [4.78, 5) is 5.28. The molecule has 1 aromatic rings. The van der Waals surface area contributed by atoms with Crippen molar-refractivity contribution in [2.24, 2.45) is 5.92 Å². The van der Waals surface area contributed by atoms with E-state index in [0.717, 1.165) is 43.1 Å². The monoisotopic (exact) mass is 332 g/mol. The van der Waals surface area contributed by atoms with Crippen molar-refractivity contribution < 1.29 is 9.47 Å². The van der Waals surface area contributed by atoms with Crippen LogP contribution in [0.15, 0.2) is 18.2 Å². The molecular formula is C20H32N2O2. The van der Waals surface area contributed by atoms with Crippen molar-refractivity contribution in [3.8, 4) is 11.5 Å². The highest BCUT2D eigenvalue weighted by Crippen LogP contribution is 2.29. The Balaban J connectivity index is 1.54. The van der Waals surface area contributed by atoms with Gasteiger partial charge in [0.2, 0.25) is 0 Å². The first-order valence-corrected chi connectivity index (χ1v) is 9.37. The van der Waals surface area contributed by atoms with E-state index in [4.69, 9.17) is 9.47 Å². The highest BCUT2D eigenvalue weighted by molar-refractivity contribution is 5.40. The fourth-order valence-corrected chi connectivity index (χ4v) is 4.24. The van der Waals surface area contributed by atoms with Gasteiger partial charge in [-0.1, -0.05) is 25.8 Å². The molecule has 0 N–H and O–H groups in total. The number of rotatable bonds is 5. The first-order valence-electron chi connectivity index (χ1n) is 9.37. The van der Waals surface area contributed by atoms with Gasteiger partial charge in [0, 0.05) is 50.4 Å². The maximum Gasteiger partial charge on any atom is 0.127 e. The Kier molecular flexibility index (Phi) is 6.01. The Morgan fingerprint density at radius 1 is 1.04 bits per heavy atom. The second-order valence-electron chi connectivity index (χ2n) is 7.42. The Morgan fingerprint density at radius 2 is 1.83 bits per heavy atom. The van der Waals surface area contributed by atoms with Crippen molar-refractivity contribution in [2.75, 3.05) is 40.4 Å². The van der Waals surface area contributed by atoms with Crippen molar-refractivity contribution in [2.45, 2.75) is 45.2 Å². The lowest BCUT2D eigenvalue weighted by molar-refractivity contribution is 0.0656. The molecule has 1 aliphatic heterocycles. The summed E-state index contributed by atoms with van der Waals surface area (Å²) < 4.78 is 10.8. The first-order chi connectivity index (χ1) is 11.7. The van der Waals surface area contributed by atoms with Crippen molar-refractivity contribution in [3.63, 3.8) is 0 Å². The number of hydrogen-bond donors (Lipinski definition) is 0. The third kappa shape index (κ3) is 4.22. The van der Waals surface area contributed by atoms with Crippen LogP contribution in [0.2, 0.25) is 0 Å². The Bertz CT molecular complexity index is 526. The number of ether oxygens (including phenoxy) is 2. The molecule has 4 heteroatoms. The lowest BCUT2D eigenvalue weighted by atomic mass is 9.86. The molecule has 0 bridgehead atoms. The minimum absolute atomic E-state index is 0.825.